The molecule has 10 aromatic rings. The topological polar surface area (TPSA) is 314 Å². The minimum Gasteiger partial charge on any atom is -0.507 e. The van der Waals surface area contributed by atoms with Gasteiger partial charge in [-0.25, -0.2) is 14.4 Å². The van der Waals surface area contributed by atoms with Crippen molar-refractivity contribution in [1.29, 1.82) is 0 Å². The van der Waals surface area contributed by atoms with Gasteiger partial charge >= 0.3 is 17.9 Å². The SMILES string of the molecule is COC(=O)c1cc2c(cc1O)CCc1c-2cc(OC)c(OC)c1OC.COC(=O)c1cc2c(cc1OC(C)C)CCc1c-2cc(OC)c(OC)c1OC.COc1cc2c(c(OC)c1OC)CCc1cc(OC(C)C)c(C(=O)N[C@@H](CO)Cc3c[nH]c4ccccc34)cc1-2.COc1cc2c(c(OC)c1OC)CCc1cc(OC(C)C)c(C(=O)O)cc1-2. The van der Waals surface area contributed by atoms with E-state index < -0.39 is 23.9 Å². The highest BCUT2D eigenvalue weighted by Gasteiger charge is 2.35. The van der Waals surface area contributed by atoms with Crippen LogP contribution >= 0.6 is 0 Å². The molecule has 120 heavy (non-hydrogen) atoms. The first-order chi connectivity index (χ1) is 57.8. The van der Waals surface area contributed by atoms with Crippen LogP contribution in [0.4, 0.5) is 0 Å². The lowest BCUT2D eigenvalue weighted by atomic mass is 9.83. The number of fused-ring (bicyclic) bond motifs is 13. The summed E-state index contributed by atoms with van der Waals surface area (Å²) in [5.74, 6) is 5.98. The lowest BCUT2D eigenvalue weighted by molar-refractivity contribution is 0.0586. The largest absolute Gasteiger partial charge is 0.507 e. The van der Waals surface area contributed by atoms with E-state index in [1.54, 1.807) is 104 Å². The molecule has 26 nitrogen and oxygen atoms in total. The fourth-order valence-electron chi connectivity index (χ4n) is 16.1. The van der Waals surface area contributed by atoms with Gasteiger partial charge in [-0.05, 0) is 251 Å². The quantitative estimate of drug-likeness (QED) is 0.0315. The van der Waals surface area contributed by atoms with Crippen LogP contribution < -0.4 is 76.4 Å². The van der Waals surface area contributed by atoms with Crippen LogP contribution in [0.15, 0.2) is 103 Å². The second-order valence-electron chi connectivity index (χ2n) is 29.4. The zero-order chi connectivity index (χ0) is 86.7. The van der Waals surface area contributed by atoms with Gasteiger partial charge < -0.3 is 106 Å². The molecule has 0 aliphatic heterocycles. The number of aromatic hydroxyl groups is 1. The number of aromatic nitrogens is 1. The van der Waals surface area contributed by atoms with Crippen LogP contribution in [0, 0.1) is 0 Å². The van der Waals surface area contributed by atoms with Crippen molar-refractivity contribution in [1.82, 2.24) is 10.3 Å². The molecule has 0 spiro atoms. The Morgan fingerprint density at radius 3 is 1.04 bits per heavy atom. The lowest BCUT2D eigenvalue weighted by Crippen LogP contribution is -2.39. The first-order valence-corrected chi connectivity index (χ1v) is 39.3. The standard InChI is InChI=1S/C32H36N2O6.C22H26O6.C21H24O6.C19H20O6/c1-18(2)40-28-13-19-10-11-23-25(15-29(37-3)31(39-5)30(23)38-4)24(19)14-26(28)32(36)34-21(17-35)12-20-16-33-27-9-7-6-8-22(20)27;1-12(2)28-18-9-13-7-8-14-16(15(13)10-17(18)22(23)27-6)11-19(24-3)21(26-5)20(14)25-4;1-11(2)27-17-8-12-6-7-13-15(14(12)9-16(17)21(22)23)10-18(24-3)20(26-5)19(13)25-4;1-22-16-9-13-11(17(23-2)18(16)24-3)6-5-10-7-15(20)14(8-12(10)13)19(21)25-4/h6-9,13-16,18,21,33,35H,10-12,17H2,1-5H3,(H,34,36);9-12H,7-8H2,1-6H3;8-11H,6-7H2,1-5H3,(H,22,23);7-9,20H,5-6H2,1-4H3/t21-;;;/m1.../s1. The molecule has 1 heterocycles. The summed E-state index contributed by atoms with van der Waals surface area (Å²) >= 11 is 0. The number of aryl methyl sites for hydroxylation is 4. The maximum atomic E-state index is 13.8. The molecule has 4 aliphatic rings. The van der Waals surface area contributed by atoms with Crippen LogP contribution in [0.2, 0.25) is 0 Å². The number of para-hydroxylation sites is 1. The Kier molecular flexibility index (Phi) is 28.4. The zero-order valence-electron chi connectivity index (χ0n) is 71.6. The molecule has 14 rings (SSSR count). The highest BCUT2D eigenvalue weighted by Crippen LogP contribution is 2.54. The van der Waals surface area contributed by atoms with Crippen LogP contribution in [-0.2, 0) is 67.3 Å². The van der Waals surface area contributed by atoms with Gasteiger partial charge in [0.2, 0.25) is 23.0 Å². The third-order valence-electron chi connectivity index (χ3n) is 21.4. The molecular formula is C94H106N2O24. The average molecular weight is 1650 g/mol. The van der Waals surface area contributed by atoms with Crippen molar-refractivity contribution in [2.24, 2.45) is 0 Å². The van der Waals surface area contributed by atoms with Gasteiger partial charge in [0, 0.05) is 39.4 Å². The van der Waals surface area contributed by atoms with E-state index in [1.165, 1.54) is 14.2 Å². The van der Waals surface area contributed by atoms with Gasteiger partial charge in [0.05, 0.1) is 136 Å². The summed E-state index contributed by atoms with van der Waals surface area (Å²) in [5.41, 5.74) is 18.5. The van der Waals surface area contributed by atoms with Gasteiger partial charge in [0.25, 0.3) is 5.91 Å². The molecule has 0 fully saturated rings. The maximum absolute atomic E-state index is 13.8. The number of aromatic carboxylic acids is 1. The van der Waals surface area contributed by atoms with Crippen molar-refractivity contribution in [3.63, 3.8) is 0 Å². The predicted octanol–water partition coefficient (Wildman–Crippen LogP) is 16.1. The molecule has 0 saturated carbocycles. The number of carboxylic acids is 1. The number of carbonyl (C=O) groups excluding carboxylic acids is 3. The fourth-order valence-corrected chi connectivity index (χ4v) is 16.1. The van der Waals surface area contributed by atoms with Gasteiger partial charge in [0.15, 0.2) is 46.0 Å². The van der Waals surface area contributed by atoms with Crippen molar-refractivity contribution in [3.05, 3.63) is 176 Å². The van der Waals surface area contributed by atoms with Gasteiger partial charge in [-0.15, -0.1) is 0 Å². The monoisotopic (exact) mass is 1650 g/mol. The smallest absolute Gasteiger partial charge is 0.341 e. The number of aromatic amines is 1. The molecular weight excluding hydrogens is 1540 g/mol. The molecule has 0 unspecified atom stereocenters. The number of ether oxygens (including phenoxy) is 17. The Morgan fingerprint density at radius 2 is 0.700 bits per heavy atom. The summed E-state index contributed by atoms with van der Waals surface area (Å²) in [5, 5.41) is 34.1. The van der Waals surface area contributed by atoms with E-state index in [0.717, 1.165) is 150 Å². The number of carbonyl (C=O) groups is 4. The van der Waals surface area contributed by atoms with E-state index in [0.29, 0.717) is 110 Å². The number of carboxylic acid groups (broad SMARTS) is 1. The second-order valence-corrected chi connectivity index (χ2v) is 29.4. The summed E-state index contributed by atoms with van der Waals surface area (Å²) in [6.07, 6.45) is 8.14. The summed E-state index contributed by atoms with van der Waals surface area (Å²) in [6, 6.07) is 29.5. The number of amides is 1. The number of H-pyrrole nitrogens is 1. The van der Waals surface area contributed by atoms with Crippen molar-refractivity contribution in [2.75, 3.05) is 106 Å². The highest BCUT2D eigenvalue weighted by atomic mass is 16.6. The number of phenolic OH excluding ortho intramolecular Hbond substituents is 1. The molecule has 0 saturated heterocycles. The van der Waals surface area contributed by atoms with Crippen molar-refractivity contribution < 1.29 is 115 Å². The molecule has 1 amide bonds. The minimum absolute atomic E-state index is 0.0539. The molecule has 5 N–H and O–H groups in total. The average Bonchev–Trinajstić information content (AvgIpc) is 0.842. The van der Waals surface area contributed by atoms with E-state index in [9.17, 15) is 34.5 Å². The third-order valence-corrected chi connectivity index (χ3v) is 21.4. The number of rotatable bonds is 26. The number of nitrogens with one attached hydrogen (secondary N) is 2. The Morgan fingerprint density at radius 1 is 0.375 bits per heavy atom. The van der Waals surface area contributed by atoms with Gasteiger partial charge in [-0.2, -0.15) is 0 Å². The van der Waals surface area contributed by atoms with Crippen molar-refractivity contribution in [3.8, 4) is 136 Å². The number of aliphatic hydroxyl groups excluding tert-OH is 1. The molecule has 0 radical (unpaired) electrons. The van der Waals surface area contributed by atoms with E-state index in [2.05, 4.69) is 10.3 Å². The van der Waals surface area contributed by atoms with Crippen LogP contribution in [0.25, 0.3) is 55.4 Å². The maximum Gasteiger partial charge on any atom is 0.341 e. The molecule has 1 aromatic heterocycles. The molecule has 1 atom stereocenters. The number of phenols is 1. The normalized spacial score (nSPS) is 12.4. The highest BCUT2D eigenvalue weighted by molar-refractivity contribution is 6.01. The Hall–Kier alpha value is -12.8. The van der Waals surface area contributed by atoms with E-state index in [1.807, 2.05) is 127 Å². The number of hydrogen-bond donors (Lipinski definition) is 5. The Bertz CT molecular complexity index is 5480. The summed E-state index contributed by atoms with van der Waals surface area (Å²) in [4.78, 5) is 53.1. The third kappa shape index (κ3) is 17.8. The number of aliphatic hydroxyl groups is 1. The van der Waals surface area contributed by atoms with Crippen LogP contribution in [0.1, 0.15) is 133 Å². The fraction of sp³-hybridized carbons (Fsp3) is 0.362. The number of benzene rings is 9. The Labute approximate surface area is 698 Å². The molecule has 26 heteroatoms. The van der Waals surface area contributed by atoms with E-state index in [4.69, 9.17) is 80.5 Å². The first kappa shape index (κ1) is 88.0. The van der Waals surface area contributed by atoms with Crippen molar-refractivity contribution >= 4 is 34.7 Å². The number of esters is 2. The van der Waals surface area contributed by atoms with Crippen LogP contribution in [-0.4, -0.2) is 175 Å². The van der Waals surface area contributed by atoms with Gasteiger partial charge in [-0.1, -0.05) is 18.2 Å². The molecule has 9 aromatic carbocycles. The van der Waals surface area contributed by atoms with Gasteiger partial charge in [0.1, 0.15) is 39.7 Å². The van der Waals surface area contributed by atoms with Crippen LogP contribution in [0.5, 0.6) is 92.0 Å². The first-order valence-electron chi connectivity index (χ1n) is 39.3. The second kappa shape index (κ2) is 38.7. The molecule has 4 aliphatic carbocycles. The summed E-state index contributed by atoms with van der Waals surface area (Å²) in [7, 11) is 21.7. The van der Waals surface area contributed by atoms with E-state index >= 15 is 0 Å². The summed E-state index contributed by atoms with van der Waals surface area (Å²) in [6.45, 7) is 11.3. The lowest BCUT2D eigenvalue weighted by Gasteiger charge is -2.27. The number of hydrogen-bond acceptors (Lipinski definition) is 23. The van der Waals surface area contributed by atoms with Crippen LogP contribution in [0.3, 0.4) is 0 Å². The van der Waals surface area contributed by atoms with Gasteiger partial charge in [-0.3, -0.25) is 4.79 Å². The number of methoxy groups -OCH3 is 14. The zero-order valence-corrected chi connectivity index (χ0v) is 71.6. The minimum atomic E-state index is -1.02. The Balaban J connectivity index is 0.000000159. The van der Waals surface area contributed by atoms with Crippen molar-refractivity contribution in [2.45, 2.75) is 124 Å². The predicted molar refractivity (Wildman–Crippen MR) is 455 cm³/mol. The summed E-state index contributed by atoms with van der Waals surface area (Å²) < 4.78 is 94.1. The molecule has 0 bridgehead atoms. The molecule has 636 valence electrons. The van der Waals surface area contributed by atoms with E-state index in [-0.39, 0.29) is 47.7 Å².